The number of rotatable bonds is 10. The molecule has 0 heterocycles. The molecule has 3 rings (SSSR count). The van der Waals surface area contributed by atoms with Gasteiger partial charge in [-0.3, -0.25) is 9.59 Å². The zero-order valence-corrected chi connectivity index (χ0v) is 20.0. The first-order chi connectivity index (χ1) is 16.0. The Labute approximate surface area is 199 Å². The van der Waals surface area contributed by atoms with Crippen molar-refractivity contribution in [2.75, 3.05) is 26.4 Å². The predicted molar refractivity (Wildman–Crippen MR) is 128 cm³/mol. The maximum absolute atomic E-state index is 12.2. The van der Waals surface area contributed by atoms with Crippen molar-refractivity contribution in [1.29, 1.82) is 0 Å². The molecule has 0 saturated heterocycles. The molecule has 1 aliphatic carbocycles. The van der Waals surface area contributed by atoms with Crippen LogP contribution in [-0.4, -0.2) is 55.0 Å². The Hall–Kier alpha value is -3.39. The van der Waals surface area contributed by atoms with Crippen LogP contribution in [0.2, 0.25) is 0 Å². The molecule has 0 aliphatic heterocycles. The van der Waals surface area contributed by atoms with Crippen LogP contribution in [0.15, 0.2) is 48.5 Å². The van der Waals surface area contributed by atoms with Crippen LogP contribution in [0.25, 0.3) is 11.1 Å². The van der Waals surface area contributed by atoms with Gasteiger partial charge in [0, 0.05) is 12.5 Å². The Balaban J connectivity index is 1.39. The first-order valence-corrected chi connectivity index (χ1v) is 11.3. The van der Waals surface area contributed by atoms with Gasteiger partial charge in [0.2, 0.25) is 5.91 Å². The molecule has 0 saturated carbocycles. The average molecular weight is 469 g/mol. The fraction of sp³-hybridized carbons (Fsp3) is 0.423. The largest absolute Gasteiger partial charge is 0.481 e. The number of aliphatic carboxylic acids is 1. The summed E-state index contributed by atoms with van der Waals surface area (Å²) < 4.78 is 10.8. The van der Waals surface area contributed by atoms with Crippen molar-refractivity contribution in [2.45, 2.75) is 39.2 Å². The molecule has 0 spiro atoms. The maximum atomic E-state index is 12.2. The lowest BCUT2D eigenvalue weighted by molar-refractivity contribution is -0.152. The first kappa shape index (κ1) is 25.2. The number of hydrogen-bond donors (Lipinski definition) is 3. The van der Waals surface area contributed by atoms with Gasteiger partial charge in [-0.15, -0.1) is 0 Å². The summed E-state index contributed by atoms with van der Waals surface area (Å²) in [5.74, 6) is -1.46. The van der Waals surface area contributed by atoms with E-state index in [4.69, 9.17) is 9.47 Å². The number of carbonyl (C=O) groups excluding carboxylic acids is 2. The number of nitrogens with one attached hydrogen (secondary N) is 2. The molecule has 8 nitrogen and oxygen atoms in total. The predicted octanol–water partition coefficient (Wildman–Crippen LogP) is 3.55. The van der Waals surface area contributed by atoms with Crippen LogP contribution in [0, 0.1) is 5.41 Å². The Morgan fingerprint density at radius 2 is 1.50 bits per heavy atom. The third-order valence-electron chi connectivity index (χ3n) is 6.64. The minimum absolute atomic E-state index is 0.0171. The highest BCUT2D eigenvalue weighted by Gasteiger charge is 2.44. The molecule has 182 valence electrons. The third kappa shape index (κ3) is 5.39. The minimum Gasteiger partial charge on any atom is -0.481 e. The van der Waals surface area contributed by atoms with Crippen molar-refractivity contribution >= 4 is 18.0 Å². The van der Waals surface area contributed by atoms with Crippen LogP contribution in [0.4, 0.5) is 4.79 Å². The number of benzene rings is 2. The maximum Gasteiger partial charge on any atom is 0.407 e. The highest BCUT2D eigenvalue weighted by molar-refractivity contribution is 5.81. The molecule has 34 heavy (non-hydrogen) atoms. The van der Waals surface area contributed by atoms with Gasteiger partial charge in [-0.1, -0.05) is 48.5 Å². The van der Waals surface area contributed by atoms with E-state index in [1.165, 1.54) is 0 Å². The van der Waals surface area contributed by atoms with E-state index < -0.39 is 28.9 Å². The zero-order chi connectivity index (χ0) is 24.9. The molecule has 0 radical (unpaired) electrons. The standard InChI is InChI=1S/C26H32N2O6/c1-25(2,23(30)31)26(3,4)28-22(29)16-33-14-13-27-24(32)34-15-21-19-11-7-5-9-17(19)18-10-6-8-12-20(18)21/h5-12,21H,13-16H2,1-4H3,(H,27,32)(H,28,29)(H,30,31). The molecule has 8 heteroatoms. The quantitative estimate of drug-likeness (QED) is 0.460. The zero-order valence-electron chi connectivity index (χ0n) is 20.0. The van der Waals surface area contributed by atoms with Gasteiger partial charge in [-0.25, -0.2) is 4.79 Å². The van der Waals surface area contributed by atoms with Crippen molar-refractivity contribution in [3.8, 4) is 11.1 Å². The highest BCUT2D eigenvalue weighted by atomic mass is 16.5. The second-order valence-corrected chi connectivity index (χ2v) is 9.41. The minimum atomic E-state index is -1.16. The van der Waals surface area contributed by atoms with Crippen LogP contribution in [0.3, 0.4) is 0 Å². The van der Waals surface area contributed by atoms with Gasteiger partial charge in [0.1, 0.15) is 13.2 Å². The van der Waals surface area contributed by atoms with Gasteiger partial charge in [0.25, 0.3) is 0 Å². The number of carboxylic acid groups (broad SMARTS) is 1. The van der Waals surface area contributed by atoms with E-state index in [1.807, 2.05) is 24.3 Å². The second kappa shape index (κ2) is 10.3. The van der Waals surface area contributed by atoms with Crippen molar-refractivity contribution in [1.82, 2.24) is 10.6 Å². The van der Waals surface area contributed by atoms with Crippen LogP contribution in [-0.2, 0) is 19.1 Å². The molecule has 2 aromatic carbocycles. The van der Waals surface area contributed by atoms with E-state index in [0.29, 0.717) is 0 Å². The fourth-order valence-electron chi connectivity index (χ4n) is 3.85. The van der Waals surface area contributed by atoms with E-state index in [9.17, 15) is 19.5 Å². The summed E-state index contributed by atoms with van der Waals surface area (Å²) in [5.41, 5.74) is 2.47. The van der Waals surface area contributed by atoms with Crippen LogP contribution < -0.4 is 10.6 Å². The second-order valence-electron chi connectivity index (χ2n) is 9.41. The van der Waals surface area contributed by atoms with Gasteiger partial charge in [-0.05, 0) is 49.9 Å². The van der Waals surface area contributed by atoms with Gasteiger partial charge in [-0.2, -0.15) is 0 Å². The summed E-state index contributed by atoms with van der Waals surface area (Å²) in [6, 6.07) is 16.2. The van der Waals surface area contributed by atoms with Gasteiger partial charge < -0.3 is 25.2 Å². The number of ether oxygens (including phenoxy) is 2. The summed E-state index contributed by atoms with van der Waals surface area (Å²) in [6.07, 6.45) is -0.556. The van der Waals surface area contributed by atoms with Crippen molar-refractivity contribution < 1.29 is 29.0 Å². The van der Waals surface area contributed by atoms with Crippen LogP contribution in [0.5, 0.6) is 0 Å². The van der Waals surface area contributed by atoms with Gasteiger partial charge >= 0.3 is 12.1 Å². The number of alkyl carbamates (subject to hydrolysis) is 1. The van der Waals surface area contributed by atoms with Crippen molar-refractivity contribution in [3.63, 3.8) is 0 Å². The Morgan fingerprint density at radius 3 is 2.06 bits per heavy atom. The molecule has 0 aromatic heterocycles. The summed E-state index contributed by atoms with van der Waals surface area (Å²) in [6.45, 7) is 6.66. The molecule has 0 bridgehead atoms. The average Bonchev–Trinajstić information content (AvgIpc) is 3.10. The summed E-state index contributed by atoms with van der Waals surface area (Å²) in [4.78, 5) is 35.7. The number of carbonyl (C=O) groups is 3. The Morgan fingerprint density at radius 1 is 0.941 bits per heavy atom. The number of amides is 2. The fourth-order valence-corrected chi connectivity index (χ4v) is 3.85. The molecule has 2 aromatic rings. The monoisotopic (exact) mass is 468 g/mol. The molecule has 0 atom stereocenters. The van der Waals surface area contributed by atoms with E-state index in [0.717, 1.165) is 22.3 Å². The first-order valence-electron chi connectivity index (χ1n) is 11.3. The number of fused-ring (bicyclic) bond motifs is 3. The van der Waals surface area contributed by atoms with E-state index in [-0.39, 0.29) is 32.3 Å². The number of hydrogen-bond acceptors (Lipinski definition) is 5. The lowest BCUT2D eigenvalue weighted by Crippen LogP contribution is -2.57. The molecule has 2 amide bonds. The lowest BCUT2D eigenvalue weighted by Gasteiger charge is -2.38. The Bertz CT molecular complexity index is 1020. The van der Waals surface area contributed by atoms with E-state index in [2.05, 4.69) is 34.9 Å². The Kier molecular flexibility index (Phi) is 7.61. The lowest BCUT2D eigenvalue weighted by atomic mass is 9.74. The molecule has 0 fully saturated rings. The van der Waals surface area contributed by atoms with Crippen molar-refractivity contribution in [2.24, 2.45) is 5.41 Å². The van der Waals surface area contributed by atoms with Crippen LogP contribution >= 0.6 is 0 Å². The van der Waals surface area contributed by atoms with Crippen molar-refractivity contribution in [3.05, 3.63) is 59.7 Å². The van der Waals surface area contributed by atoms with Crippen LogP contribution in [0.1, 0.15) is 44.7 Å². The SMILES string of the molecule is CC(C)(NC(=O)COCCNC(=O)OCC1c2ccccc2-c2ccccc21)C(C)(C)C(=O)O. The smallest absolute Gasteiger partial charge is 0.407 e. The normalized spacial score (nSPS) is 13.1. The molecular formula is C26H32N2O6. The van der Waals surface area contributed by atoms with Gasteiger partial charge in [0.05, 0.1) is 17.6 Å². The molecule has 3 N–H and O–H groups in total. The summed E-state index contributed by atoms with van der Waals surface area (Å²) in [7, 11) is 0. The molecular weight excluding hydrogens is 436 g/mol. The molecule has 1 aliphatic rings. The van der Waals surface area contributed by atoms with Gasteiger partial charge in [0.15, 0.2) is 0 Å². The summed E-state index contributed by atoms with van der Waals surface area (Å²) in [5, 5.41) is 14.7. The highest BCUT2D eigenvalue weighted by Crippen LogP contribution is 2.44. The number of carboxylic acids is 1. The summed E-state index contributed by atoms with van der Waals surface area (Å²) >= 11 is 0. The van der Waals surface area contributed by atoms with E-state index >= 15 is 0 Å². The third-order valence-corrected chi connectivity index (χ3v) is 6.64. The topological polar surface area (TPSA) is 114 Å². The molecule has 0 unspecified atom stereocenters. The van der Waals surface area contributed by atoms with E-state index in [1.54, 1.807) is 27.7 Å².